The van der Waals surface area contributed by atoms with Crippen molar-refractivity contribution >= 4 is 69.3 Å². The summed E-state index contributed by atoms with van der Waals surface area (Å²) >= 11 is 2.97. The fourth-order valence-electron chi connectivity index (χ4n) is 6.83. The molecule has 0 atom stereocenters. The Morgan fingerprint density at radius 3 is 1.21 bits per heavy atom. The second-order valence-corrected chi connectivity index (χ2v) is 16.0. The van der Waals surface area contributed by atoms with Gasteiger partial charge in [-0.1, -0.05) is 84.9 Å². The van der Waals surface area contributed by atoms with Gasteiger partial charge in [-0.2, -0.15) is 0 Å². The van der Waals surface area contributed by atoms with E-state index in [1.807, 2.05) is 159 Å². The summed E-state index contributed by atoms with van der Waals surface area (Å²) in [5, 5.41) is 1.71. The van der Waals surface area contributed by atoms with E-state index in [1.165, 1.54) is 23.5 Å². The minimum Gasteiger partial charge on any atom is -0.378 e. The van der Waals surface area contributed by atoms with Gasteiger partial charge in [-0.05, 0) is 58.7 Å². The van der Waals surface area contributed by atoms with Crippen molar-refractivity contribution in [3.05, 3.63) is 175 Å². The van der Waals surface area contributed by atoms with Gasteiger partial charge in [0, 0.05) is 71.6 Å². The standard InChI is InChI=1S/C46H42N4O4S2/c1-47(2)35-19-21-37-41(23-35)49(25-31-11-7-5-8-12-31)45(53)39(27-51)43(37)55-29-33-15-17-34(18-16-33)30-56-44-38-22-20-36(48(3)4)24-42(38)50(46(54)40(44)28-52)26-32-13-9-6-10-14-32/h5-24,27-28H,25-26,29-30H2,1-4H3. The van der Waals surface area contributed by atoms with E-state index in [2.05, 4.69) is 0 Å². The SMILES string of the molecule is CN(C)c1ccc2c(SCc3ccc(CSc4c(C=O)c(=O)n(Cc5ccccc5)c5cc(N(C)C)ccc45)cc3)c(C=O)c(=O)n(Cc3ccccc3)c2c1. The number of aldehydes is 2. The lowest BCUT2D eigenvalue weighted by molar-refractivity contribution is 0.111. The van der Waals surface area contributed by atoms with Gasteiger partial charge in [-0.25, -0.2) is 0 Å². The van der Waals surface area contributed by atoms with Gasteiger partial charge < -0.3 is 18.9 Å². The Balaban J connectivity index is 1.16. The molecule has 10 heteroatoms. The van der Waals surface area contributed by atoms with Crippen molar-refractivity contribution in [2.24, 2.45) is 0 Å². The van der Waals surface area contributed by atoms with Crippen LogP contribution in [0, 0.1) is 0 Å². The van der Waals surface area contributed by atoms with Crippen molar-refractivity contribution in [2.75, 3.05) is 38.0 Å². The average Bonchev–Trinajstić information content (AvgIpc) is 3.22. The Bertz CT molecular complexity index is 2490. The van der Waals surface area contributed by atoms with Crippen molar-refractivity contribution in [3.63, 3.8) is 0 Å². The Morgan fingerprint density at radius 1 is 0.500 bits per heavy atom. The second-order valence-electron chi connectivity index (χ2n) is 14.1. The molecule has 0 aliphatic carbocycles. The number of anilines is 2. The smallest absolute Gasteiger partial charge is 0.263 e. The van der Waals surface area contributed by atoms with Crippen LogP contribution >= 0.6 is 23.5 Å². The lowest BCUT2D eigenvalue weighted by Gasteiger charge is -2.19. The molecular weight excluding hydrogens is 737 g/mol. The van der Waals surface area contributed by atoms with Crippen molar-refractivity contribution < 1.29 is 9.59 Å². The first-order valence-electron chi connectivity index (χ1n) is 18.2. The van der Waals surface area contributed by atoms with Crippen LogP contribution < -0.4 is 20.9 Å². The molecule has 0 aliphatic heterocycles. The zero-order valence-corrected chi connectivity index (χ0v) is 33.4. The highest BCUT2D eigenvalue weighted by Crippen LogP contribution is 2.36. The number of benzene rings is 5. The summed E-state index contributed by atoms with van der Waals surface area (Å²) in [6.07, 6.45) is 1.37. The van der Waals surface area contributed by atoms with E-state index in [0.29, 0.717) is 47.0 Å². The molecular formula is C46H42N4O4S2. The Labute approximate surface area is 334 Å². The third-order valence-electron chi connectivity index (χ3n) is 9.90. The topological polar surface area (TPSA) is 84.6 Å². The number of thioether (sulfide) groups is 2. The molecule has 2 heterocycles. The summed E-state index contributed by atoms with van der Waals surface area (Å²) in [6, 6.07) is 39.8. The van der Waals surface area contributed by atoms with Crippen LogP contribution in [0.2, 0.25) is 0 Å². The Morgan fingerprint density at radius 2 is 0.875 bits per heavy atom. The first-order valence-corrected chi connectivity index (χ1v) is 20.2. The van der Waals surface area contributed by atoms with Gasteiger partial charge in [-0.15, -0.1) is 23.5 Å². The number of hydrogen-bond donors (Lipinski definition) is 0. The minimum atomic E-state index is -0.310. The predicted molar refractivity (Wildman–Crippen MR) is 232 cm³/mol. The van der Waals surface area contributed by atoms with E-state index < -0.39 is 0 Å². The highest BCUT2D eigenvalue weighted by Gasteiger charge is 2.20. The average molecular weight is 779 g/mol. The van der Waals surface area contributed by atoms with E-state index >= 15 is 0 Å². The number of carbonyl (C=O) groups is 2. The number of hydrogen-bond acceptors (Lipinski definition) is 8. The molecule has 7 rings (SSSR count). The highest BCUT2D eigenvalue weighted by atomic mass is 32.2. The molecule has 0 unspecified atom stereocenters. The van der Waals surface area contributed by atoms with E-state index in [9.17, 15) is 19.2 Å². The lowest BCUT2D eigenvalue weighted by atomic mass is 10.1. The van der Waals surface area contributed by atoms with Gasteiger partial charge in [0.25, 0.3) is 11.1 Å². The second kappa shape index (κ2) is 16.9. The Kier molecular flexibility index (Phi) is 11.6. The van der Waals surface area contributed by atoms with E-state index in [1.54, 1.807) is 9.13 Å². The third kappa shape index (κ3) is 7.94. The quantitative estimate of drug-likeness (QED) is 0.0801. The number of carbonyl (C=O) groups excluding carboxylic acids is 2. The van der Waals surface area contributed by atoms with Crippen molar-refractivity contribution in [3.8, 4) is 0 Å². The molecule has 0 saturated heterocycles. The van der Waals surface area contributed by atoms with Crippen molar-refractivity contribution in [1.29, 1.82) is 0 Å². The molecule has 0 N–H and O–H groups in total. The monoisotopic (exact) mass is 778 g/mol. The van der Waals surface area contributed by atoms with Crippen LogP contribution in [-0.2, 0) is 24.6 Å². The molecule has 56 heavy (non-hydrogen) atoms. The molecule has 5 aromatic carbocycles. The molecule has 7 aromatic rings. The van der Waals surface area contributed by atoms with E-state index in [4.69, 9.17) is 0 Å². The molecule has 0 spiro atoms. The molecule has 8 nitrogen and oxygen atoms in total. The first-order chi connectivity index (χ1) is 27.2. The van der Waals surface area contributed by atoms with Gasteiger partial charge in [-0.3, -0.25) is 19.2 Å². The van der Waals surface area contributed by atoms with E-state index in [-0.39, 0.29) is 22.2 Å². The summed E-state index contributed by atoms with van der Waals surface area (Å²) in [4.78, 5) is 58.2. The molecule has 282 valence electrons. The van der Waals surface area contributed by atoms with E-state index in [0.717, 1.165) is 55.4 Å². The largest absolute Gasteiger partial charge is 0.378 e. The molecule has 0 saturated carbocycles. The van der Waals surface area contributed by atoms with Crippen LogP contribution in [0.25, 0.3) is 21.8 Å². The maximum absolute atomic E-state index is 13.9. The van der Waals surface area contributed by atoms with Gasteiger partial charge >= 0.3 is 0 Å². The number of rotatable bonds is 14. The summed E-state index contributed by atoms with van der Waals surface area (Å²) in [5.74, 6) is 1.10. The van der Waals surface area contributed by atoms with Crippen LogP contribution in [-0.4, -0.2) is 49.9 Å². The lowest BCUT2D eigenvalue weighted by Crippen LogP contribution is -2.26. The van der Waals surface area contributed by atoms with Gasteiger partial charge in [0.15, 0.2) is 12.6 Å². The normalized spacial score (nSPS) is 11.2. The van der Waals surface area contributed by atoms with Crippen molar-refractivity contribution in [2.45, 2.75) is 34.4 Å². The van der Waals surface area contributed by atoms with Crippen molar-refractivity contribution in [1.82, 2.24) is 9.13 Å². The fourth-order valence-corrected chi connectivity index (χ4v) is 9.07. The maximum atomic E-state index is 13.9. The number of pyridine rings is 2. The van der Waals surface area contributed by atoms with Crippen LogP contribution in [0.4, 0.5) is 11.4 Å². The van der Waals surface area contributed by atoms with Crippen LogP contribution in [0.1, 0.15) is 43.0 Å². The molecule has 0 bridgehead atoms. The highest BCUT2D eigenvalue weighted by molar-refractivity contribution is 7.99. The minimum absolute atomic E-state index is 0.158. The van der Waals surface area contributed by atoms with Crippen LogP contribution in [0.3, 0.4) is 0 Å². The van der Waals surface area contributed by atoms with Gasteiger partial charge in [0.1, 0.15) is 0 Å². The summed E-state index contributed by atoms with van der Waals surface area (Å²) < 4.78 is 3.40. The Hall–Kier alpha value is -5.84. The van der Waals surface area contributed by atoms with Gasteiger partial charge in [0.2, 0.25) is 0 Å². The third-order valence-corrected chi connectivity index (χ3v) is 12.3. The van der Waals surface area contributed by atoms with Crippen LogP contribution in [0.15, 0.2) is 141 Å². The van der Waals surface area contributed by atoms with Crippen LogP contribution in [0.5, 0.6) is 0 Å². The fraction of sp³-hybridized carbons (Fsp3) is 0.174. The van der Waals surface area contributed by atoms with Gasteiger partial charge in [0.05, 0.1) is 35.2 Å². The zero-order chi connectivity index (χ0) is 39.3. The summed E-state index contributed by atoms with van der Waals surface area (Å²) in [6.45, 7) is 0.707. The molecule has 0 amide bonds. The zero-order valence-electron chi connectivity index (χ0n) is 31.8. The molecule has 0 fully saturated rings. The summed E-state index contributed by atoms with van der Waals surface area (Å²) in [5.41, 5.74) is 7.19. The number of fused-ring (bicyclic) bond motifs is 2. The summed E-state index contributed by atoms with van der Waals surface area (Å²) in [7, 11) is 7.86. The predicted octanol–water partition coefficient (Wildman–Crippen LogP) is 8.75. The maximum Gasteiger partial charge on any atom is 0.263 e. The molecule has 0 aliphatic rings. The number of aromatic nitrogens is 2. The molecule has 2 aromatic heterocycles. The first kappa shape index (κ1) is 38.4. The molecule has 0 radical (unpaired) electrons. The number of nitrogens with zero attached hydrogens (tertiary/aromatic N) is 4.